The zero-order chi connectivity index (χ0) is 14.3. The predicted octanol–water partition coefficient (Wildman–Crippen LogP) is 1.31. The summed E-state index contributed by atoms with van der Waals surface area (Å²) >= 11 is 3.26. The van der Waals surface area contributed by atoms with E-state index in [-0.39, 0.29) is 4.90 Å². The van der Waals surface area contributed by atoms with Crippen LogP contribution in [0, 0.1) is 0 Å². The molecule has 1 aromatic rings. The van der Waals surface area contributed by atoms with Gasteiger partial charge in [-0.15, -0.1) is 0 Å². The monoisotopic (exact) mass is 350 g/mol. The van der Waals surface area contributed by atoms with Crippen LogP contribution in [0.1, 0.15) is 0 Å². The minimum atomic E-state index is -3.44. The van der Waals surface area contributed by atoms with E-state index in [1.165, 1.54) is 0 Å². The molecular formula is C12H19BrN2O3S. The van der Waals surface area contributed by atoms with Crippen molar-refractivity contribution in [1.82, 2.24) is 9.62 Å². The molecule has 0 bridgehead atoms. The molecule has 19 heavy (non-hydrogen) atoms. The highest BCUT2D eigenvalue weighted by Crippen LogP contribution is 2.15. The Labute approximate surface area is 123 Å². The maximum atomic E-state index is 12.0. The van der Waals surface area contributed by atoms with E-state index < -0.39 is 10.0 Å². The molecule has 1 aromatic carbocycles. The van der Waals surface area contributed by atoms with Crippen LogP contribution in [0.3, 0.4) is 0 Å². The van der Waals surface area contributed by atoms with Crippen molar-refractivity contribution in [3.05, 3.63) is 28.7 Å². The molecule has 0 saturated carbocycles. The molecule has 0 unspecified atom stereocenters. The third-order valence-corrected chi connectivity index (χ3v) is 4.52. The summed E-state index contributed by atoms with van der Waals surface area (Å²) in [6.07, 6.45) is 0. The van der Waals surface area contributed by atoms with Crippen LogP contribution in [0.2, 0.25) is 0 Å². The Morgan fingerprint density at radius 2 is 2.11 bits per heavy atom. The molecule has 0 aliphatic rings. The molecular weight excluding hydrogens is 332 g/mol. The lowest BCUT2D eigenvalue weighted by molar-refractivity contribution is 0.162. The first-order valence-corrected chi connectivity index (χ1v) is 8.16. The molecule has 0 amide bonds. The molecule has 0 aromatic heterocycles. The molecule has 0 radical (unpaired) electrons. The summed E-state index contributed by atoms with van der Waals surface area (Å²) < 4.78 is 32.3. The van der Waals surface area contributed by atoms with Gasteiger partial charge in [0.2, 0.25) is 10.0 Å². The number of nitrogens with zero attached hydrogens (tertiary/aromatic N) is 1. The summed E-state index contributed by atoms with van der Waals surface area (Å²) in [5.41, 5.74) is 0. The van der Waals surface area contributed by atoms with Crippen molar-refractivity contribution < 1.29 is 13.2 Å². The Balaban J connectivity index is 2.48. The number of ether oxygens (including phenoxy) is 1. The van der Waals surface area contributed by atoms with Crippen LogP contribution in [0.5, 0.6) is 0 Å². The standard InChI is InChI=1S/C12H19BrN2O3S/c1-15(8-9-18-2)7-6-14-19(16,17)12-5-3-4-11(13)10-12/h3-5,10,14H,6-9H2,1-2H3. The highest BCUT2D eigenvalue weighted by molar-refractivity contribution is 9.10. The first-order valence-electron chi connectivity index (χ1n) is 5.88. The van der Waals surface area contributed by atoms with Crippen molar-refractivity contribution >= 4 is 26.0 Å². The van der Waals surface area contributed by atoms with Crippen molar-refractivity contribution in [3.63, 3.8) is 0 Å². The smallest absolute Gasteiger partial charge is 0.240 e. The van der Waals surface area contributed by atoms with Crippen molar-refractivity contribution in [1.29, 1.82) is 0 Å². The van der Waals surface area contributed by atoms with Gasteiger partial charge in [0.1, 0.15) is 0 Å². The number of benzene rings is 1. The third kappa shape index (κ3) is 6.01. The largest absolute Gasteiger partial charge is 0.383 e. The van der Waals surface area contributed by atoms with Gasteiger partial charge in [0.25, 0.3) is 0 Å². The van der Waals surface area contributed by atoms with Gasteiger partial charge in [-0.25, -0.2) is 13.1 Å². The summed E-state index contributed by atoms with van der Waals surface area (Å²) in [5, 5.41) is 0. The van der Waals surface area contributed by atoms with Crippen molar-refractivity contribution in [2.45, 2.75) is 4.90 Å². The van der Waals surface area contributed by atoms with E-state index in [0.29, 0.717) is 19.7 Å². The lowest BCUT2D eigenvalue weighted by Gasteiger charge is -2.16. The Kier molecular flexibility index (Phi) is 6.95. The fraction of sp³-hybridized carbons (Fsp3) is 0.500. The van der Waals surface area contributed by atoms with Gasteiger partial charge in [0.15, 0.2) is 0 Å². The summed E-state index contributed by atoms with van der Waals surface area (Å²) in [4.78, 5) is 2.27. The van der Waals surface area contributed by atoms with Gasteiger partial charge in [0, 0.05) is 31.2 Å². The van der Waals surface area contributed by atoms with Crippen LogP contribution < -0.4 is 4.72 Å². The minimum absolute atomic E-state index is 0.265. The second-order valence-electron chi connectivity index (χ2n) is 4.15. The quantitative estimate of drug-likeness (QED) is 0.767. The molecule has 0 aliphatic heterocycles. The summed E-state index contributed by atoms with van der Waals surface area (Å²) in [6.45, 7) is 2.41. The number of rotatable bonds is 8. The van der Waals surface area contributed by atoms with Crippen LogP contribution >= 0.6 is 15.9 Å². The van der Waals surface area contributed by atoms with Crippen molar-refractivity contribution in [2.24, 2.45) is 0 Å². The Bertz CT molecular complexity index is 494. The molecule has 0 spiro atoms. The number of nitrogens with one attached hydrogen (secondary N) is 1. The van der Waals surface area contributed by atoms with Gasteiger partial charge < -0.3 is 9.64 Å². The molecule has 0 saturated heterocycles. The average Bonchev–Trinajstić information content (AvgIpc) is 2.36. The summed E-state index contributed by atoms with van der Waals surface area (Å²) in [5.74, 6) is 0. The van der Waals surface area contributed by atoms with Gasteiger partial charge >= 0.3 is 0 Å². The maximum Gasteiger partial charge on any atom is 0.240 e. The minimum Gasteiger partial charge on any atom is -0.383 e. The molecule has 0 fully saturated rings. The fourth-order valence-electron chi connectivity index (χ4n) is 1.45. The van der Waals surface area contributed by atoms with E-state index in [9.17, 15) is 8.42 Å². The van der Waals surface area contributed by atoms with Gasteiger partial charge in [0.05, 0.1) is 11.5 Å². The molecule has 108 valence electrons. The molecule has 7 heteroatoms. The Morgan fingerprint density at radius 3 is 2.74 bits per heavy atom. The van der Waals surface area contributed by atoms with Crippen LogP contribution in [0.15, 0.2) is 33.6 Å². The molecule has 0 aliphatic carbocycles. The number of sulfonamides is 1. The van der Waals surface area contributed by atoms with Gasteiger partial charge in [-0.3, -0.25) is 0 Å². The predicted molar refractivity (Wildman–Crippen MR) is 78.7 cm³/mol. The Morgan fingerprint density at radius 1 is 1.37 bits per heavy atom. The highest BCUT2D eigenvalue weighted by Gasteiger charge is 2.13. The highest BCUT2D eigenvalue weighted by atomic mass is 79.9. The third-order valence-electron chi connectivity index (χ3n) is 2.57. The Hall–Kier alpha value is -0.470. The number of halogens is 1. The van der Waals surface area contributed by atoms with Crippen LogP contribution in [-0.4, -0.2) is 53.7 Å². The molecule has 1 N–H and O–H groups in total. The zero-order valence-corrected chi connectivity index (χ0v) is 13.5. The number of hydrogen-bond donors (Lipinski definition) is 1. The van der Waals surface area contributed by atoms with Crippen LogP contribution in [0.4, 0.5) is 0 Å². The second-order valence-corrected chi connectivity index (χ2v) is 6.83. The molecule has 0 heterocycles. The zero-order valence-electron chi connectivity index (χ0n) is 11.1. The lowest BCUT2D eigenvalue weighted by Crippen LogP contribution is -2.34. The topological polar surface area (TPSA) is 58.6 Å². The molecule has 0 atom stereocenters. The molecule has 1 rings (SSSR count). The van der Waals surface area contributed by atoms with E-state index in [1.54, 1.807) is 31.4 Å². The molecule has 5 nitrogen and oxygen atoms in total. The number of likely N-dealkylation sites (N-methyl/N-ethyl adjacent to an activating group) is 1. The van der Waals surface area contributed by atoms with Crippen LogP contribution in [0.25, 0.3) is 0 Å². The SMILES string of the molecule is COCCN(C)CCNS(=O)(=O)c1cccc(Br)c1. The first-order chi connectivity index (χ1) is 8.95. The lowest BCUT2D eigenvalue weighted by atomic mass is 10.4. The van der Waals surface area contributed by atoms with E-state index >= 15 is 0 Å². The van der Waals surface area contributed by atoms with E-state index in [4.69, 9.17) is 4.74 Å². The number of hydrogen-bond acceptors (Lipinski definition) is 4. The van der Waals surface area contributed by atoms with E-state index in [1.807, 2.05) is 11.9 Å². The first kappa shape index (κ1) is 16.6. The van der Waals surface area contributed by atoms with Gasteiger partial charge in [-0.05, 0) is 25.2 Å². The summed E-state index contributed by atoms with van der Waals surface area (Å²) in [6, 6.07) is 6.64. The van der Waals surface area contributed by atoms with Gasteiger partial charge in [-0.2, -0.15) is 0 Å². The van der Waals surface area contributed by atoms with E-state index in [0.717, 1.165) is 11.0 Å². The van der Waals surface area contributed by atoms with Crippen molar-refractivity contribution in [3.8, 4) is 0 Å². The second kappa shape index (κ2) is 7.96. The maximum absolute atomic E-state index is 12.0. The van der Waals surface area contributed by atoms with E-state index in [2.05, 4.69) is 20.7 Å². The average molecular weight is 351 g/mol. The van der Waals surface area contributed by atoms with Crippen LogP contribution in [-0.2, 0) is 14.8 Å². The number of methoxy groups -OCH3 is 1. The normalized spacial score (nSPS) is 12.0. The van der Waals surface area contributed by atoms with Crippen molar-refractivity contribution in [2.75, 3.05) is 40.4 Å². The fourth-order valence-corrected chi connectivity index (χ4v) is 3.06. The van der Waals surface area contributed by atoms with Gasteiger partial charge in [-0.1, -0.05) is 22.0 Å². The summed E-state index contributed by atoms with van der Waals surface area (Å²) in [7, 11) is 0.129.